The summed E-state index contributed by atoms with van der Waals surface area (Å²) in [6, 6.07) is 9.84. The molecule has 3 rings (SSSR count). The van der Waals surface area contributed by atoms with Gasteiger partial charge in [-0.2, -0.15) is 0 Å². The molecule has 17 heavy (non-hydrogen) atoms. The van der Waals surface area contributed by atoms with E-state index in [0.717, 1.165) is 0 Å². The Morgan fingerprint density at radius 3 is 2.35 bits per heavy atom. The first kappa shape index (κ1) is 9.96. The van der Waals surface area contributed by atoms with Gasteiger partial charge in [0.05, 0.1) is 5.56 Å². The third kappa shape index (κ3) is 1.58. The Labute approximate surface area is 99.0 Å². The number of carbonyl (C=O) groups excluding carboxylic acids is 1. The predicted octanol–water partition coefficient (Wildman–Crippen LogP) is 1.75. The van der Waals surface area contributed by atoms with Gasteiger partial charge in [0, 0.05) is 19.3 Å². The highest BCUT2D eigenvalue weighted by atomic mass is 16.2. The lowest BCUT2D eigenvalue weighted by atomic mass is 10.1. The molecule has 1 aromatic heterocycles. The van der Waals surface area contributed by atoms with Crippen LogP contribution in [0, 0.1) is 0 Å². The molecule has 0 bridgehead atoms. The Morgan fingerprint density at radius 2 is 1.82 bits per heavy atom. The summed E-state index contributed by atoms with van der Waals surface area (Å²) in [6.07, 6.45) is 1.69. The highest BCUT2D eigenvalue weighted by Gasteiger charge is 2.25. The van der Waals surface area contributed by atoms with Crippen LogP contribution in [-0.2, 0) is 13.1 Å². The summed E-state index contributed by atoms with van der Waals surface area (Å²) >= 11 is 0. The van der Waals surface area contributed by atoms with Gasteiger partial charge in [-0.05, 0) is 17.2 Å². The number of rotatable bonds is 1. The number of fused-ring (bicyclic) bond motifs is 1. The lowest BCUT2D eigenvalue weighted by molar-refractivity contribution is 0.0752. The maximum absolute atomic E-state index is 12.2. The number of nitrogens with zero attached hydrogens (tertiary/aromatic N) is 1. The quantitative estimate of drug-likeness (QED) is 0.779. The molecule has 0 spiro atoms. The Bertz CT molecular complexity index is 549. The molecule has 2 heterocycles. The topological polar surface area (TPSA) is 62.1 Å². The van der Waals surface area contributed by atoms with Gasteiger partial charge in [0.25, 0.3) is 5.91 Å². The van der Waals surface area contributed by atoms with E-state index in [1.165, 1.54) is 11.1 Å². The summed E-state index contributed by atoms with van der Waals surface area (Å²) in [4.78, 5) is 16.9. The number of H-pyrrole nitrogens is 1. The standard InChI is InChI=1S/C13H13N3O/c14-12-11(5-6-15-12)13(17)16-7-9-3-1-2-4-10(9)8-16/h1-6,15H,7-8,14H2. The summed E-state index contributed by atoms with van der Waals surface area (Å²) < 4.78 is 0. The molecule has 0 unspecified atom stereocenters. The molecule has 4 nitrogen and oxygen atoms in total. The minimum absolute atomic E-state index is 0.0139. The van der Waals surface area contributed by atoms with E-state index in [4.69, 9.17) is 5.73 Å². The molecule has 0 fully saturated rings. The summed E-state index contributed by atoms with van der Waals surface area (Å²) in [5, 5.41) is 0. The number of anilines is 1. The van der Waals surface area contributed by atoms with Crippen LogP contribution in [0.2, 0.25) is 0 Å². The van der Waals surface area contributed by atoms with E-state index in [2.05, 4.69) is 17.1 Å². The van der Waals surface area contributed by atoms with Gasteiger partial charge in [0.1, 0.15) is 5.82 Å². The van der Waals surface area contributed by atoms with Crippen molar-refractivity contribution < 1.29 is 4.79 Å². The number of nitrogens with one attached hydrogen (secondary N) is 1. The monoisotopic (exact) mass is 227 g/mol. The van der Waals surface area contributed by atoms with Crippen molar-refractivity contribution in [2.45, 2.75) is 13.1 Å². The number of hydrogen-bond donors (Lipinski definition) is 2. The third-order valence-corrected chi connectivity index (χ3v) is 3.14. The Morgan fingerprint density at radius 1 is 1.18 bits per heavy atom. The fourth-order valence-electron chi connectivity index (χ4n) is 2.22. The summed E-state index contributed by atoms with van der Waals surface area (Å²) in [5.74, 6) is 0.422. The van der Waals surface area contributed by atoms with Gasteiger partial charge in [0.15, 0.2) is 0 Å². The summed E-state index contributed by atoms with van der Waals surface area (Å²) in [7, 11) is 0. The van der Waals surface area contributed by atoms with Crippen LogP contribution in [0.25, 0.3) is 0 Å². The minimum atomic E-state index is -0.0139. The molecule has 0 atom stereocenters. The zero-order valence-corrected chi connectivity index (χ0v) is 9.31. The van der Waals surface area contributed by atoms with Crippen molar-refractivity contribution in [3.8, 4) is 0 Å². The largest absolute Gasteiger partial charge is 0.385 e. The number of benzene rings is 1. The van der Waals surface area contributed by atoms with Crippen LogP contribution in [0.15, 0.2) is 36.5 Å². The number of nitrogen functional groups attached to an aromatic ring is 1. The first-order valence-electron chi connectivity index (χ1n) is 5.54. The van der Waals surface area contributed by atoms with Gasteiger partial charge >= 0.3 is 0 Å². The van der Waals surface area contributed by atoms with Crippen LogP contribution in [0.4, 0.5) is 5.82 Å². The first-order chi connectivity index (χ1) is 8.25. The lowest BCUT2D eigenvalue weighted by Gasteiger charge is -2.14. The number of aromatic amines is 1. The van der Waals surface area contributed by atoms with Crippen molar-refractivity contribution in [2.75, 3.05) is 5.73 Å². The highest BCUT2D eigenvalue weighted by molar-refractivity contribution is 5.98. The molecule has 86 valence electrons. The first-order valence-corrected chi connectivity index (χ1v) is 5.54. The molecular weight excluding hydrogens is 214 g/mol. The average molecular weight is 227 g/mol. The molecular formula is C13H13N3O. The molecule has 0 radical (unpaired) electrons. The van der Waals surface area contributed by atoms with Crippen LogP contribution >= 0.6 is 0 Å². The van der Waals surface area contributed by atoms with Crippen molar-refractivity contribution in [3.63, 3.8) is 0 Å². The van der Waals surface area contributed by atoms with Gasteiger partial charge in [-0.25, -0.2) is 0 Å². The fourth-order valence-corrected chi connectivity index (χ4v) is 2.22. The Hall–Kier alpha value is -2.23. The number of carbonyl (C=O) groups is 1. The fraction of sp³-hybridized carbons (Fsp3) is 0.154. The smallest absolute Gasteiger partial charge is 0.258 e. The molecule has 1 aromatic carbocycles. The van der Waals surface area contributed by atoms with Gasteiger partial charge in [-0.3, -0.25) is 4.79 Å². The normalized spacial score (nSPS) is 13.8. The number of aromatic nitrogens is 1. The zero-order chi connectivity index (χ0) is 11.8. The number of hydrogen-bond acceptors (Lipinski definition) is 2. The van der Waals surface area contributed by atoms with Crippen LogP contribution in [-0.4, -0.2) is 15.8 Å². The van der Waals surface area contributed by atoms with E-state index < -0.39 is 0 Å². The van der Waals surface area contributed by atoms with Crippen LogP contribution in [0.5, 0.6) is 0 Å². The SMILES string of the molecule is Nc1[nH]ccc1C(=O)N1Cc2ccccc2C1. The van der Waals surface area contributed by atoms with Gasteiger partial charge in [-0.1, -0.05) is 24.3 Å². The van der Waals surface area contributed by atoms with E-state index in [-0.39, 0.29) is 5.91 Å². The van der Waals surface area contributed by atoms with E-state index in [9.17, 15) is 4.79 Å². The van der Waals surface area contributed by atoms with Gasteiger partial charge in [-0.15, -0.1) is 0 Å². The lowest BCUT2D eigenvalue weighted by Crippen LogP contribution is -2.25. The molecule has 0 aliphatic carbocycles. The molecule has 1 aliphatic heterocycles. The summed E-state index contributed by atoms with van der Waals surface area (Å²) in [5.41, 5.74) is 8.70. The second kappa shape index (κ2) is 3.66. The number of nitrogens with two attached hydrogens (primary N) is 1. The van der Waals surface area contributed by atoms with Crippen LogP contribution < -0.4 is 5.73 Å². The van der Waals surface area contributed by atoms with Crippen molar-refractivity contribution >= 4 is 11.7 Å². The Kier molecular flexibility index (Phi) is 2.14. The molecule has 0 saturated carbocycles. The highest BCUT2D eigenvalue weighted by Crippen LogP contribution is 2.24. The van der Waals surface area contributed by atoms with E-state index >= 15 is 0 Å². The predicted molar refractivity (Wildman–Crippen MR) is 65.2 cm³/mol. The molecule has 3 N–H and O–H groups in total. The molecule has 1 aliphatic rings. The molecule has 0 saturated heterocycles. The van der Waals surface area contributed by atoms with Crippen molar-refractivity contribution in [3.05, 3.63) is 53.2 Å². The van der Waals surface area contributed by atoms with Gasteiger partial charge in [0.2, 0.25) is 0 Å². The van der Waals surface area contributed by atoms with E-state index in [0.29, 0.717) is 24.5 Å². The molecule has 1 amide bonds. The van der Waals surface area contributed by atoms with E-state index in [1.54, 1.807) is 12.3 Å². The minimum Gasteiger partial charge on any atom is -0.385 e. The second-order valence-corrected chi connectivity index (χ2v) is 4.23. The summed E-state index contributed by atoms with van der Waals surface area (Å²) in [6.45, 7) is 1.33. The van der Waals surface area contributed by atoms with Gasteiger partial charge < -0.3 is 15.6 Å². The molecule has 2 aromatic rings. The second-order valence-electron chi connectivity index (χ2n) is 4.23. The van der Waals surface area contributed by atoms with Crippen molar-refractivity contribution in [2.24, 2.45) is 0 Å². The maximum Gasteiger partial charge on any atom is 0.258 e. The molecule has 4 heteroatoms. The third-order valence-electron chi connectivity index (χ3n) is 3.14. The van der Waals surface area contributed by atoms with Crippen LogP contribution in [0.3, 0.4) is 0 Å². The maximum atomic E-state index is 12.2. The van der Waals surface area contributed by atoms with E-state index in [1.807, 2.05) is 17.0 Å². The Balaban J connectivity index is 1.86. The van der Waals surface area contributed by atoms with Crippen LogP contribution in [0.1, 0.15) is 21.5 Å². The van der Waals surface area contributed by atoms with Crippen molar-refractivity contribution in [1.29, 1.82) is 0 Å². The zero-order valence-electron chi connectivity index (χ0n) is 9.31. The number of amides is 1. The average Bonchev–Trinajstić information content (AvgIpc) is 2.93. The van der Waals surface area contributed by atoms with Crippen molar-refractivity contribution in [1.82, 2.24) is 9.88 Å².